The van der Waals surface area contributed by atoms with E-state index in [4.69, 9.17) is 28.9 Å². The predicted octanol–water partition coefficient (Wildman–Crippen LogP) is 5.45. The van der Waals surface area contributed by atoms with Crippen LogP contribution in [0.1, 0.15) is 81.7 Å². The Morgan fingerprint density at radius 1 is 1.21 bits per heavy atom. The van der Waals surface area contributed by atoms with Gasteiger partial charge >= 0.3 is 12.1 Å². The molecule has 4 aliphatic heterocycles. The van der Waals surface area contributed by atoms with E-state index in [0.29, 0.717) is 77.0 Å². The lowest BCUT2D eigenvalue weighted by Crippen LogP contribution is -2.44. The molecule has 3 saturated heterocycles. The van der Waals surface area contributed by atoms with Crippen molar-refractivity contribution < 1.29 is 28.1 Å². The number of nitrogens with zero attached hydrogens (tertiary/aromatic N) is 5. The molecule has 0 saturated carbocycles. The molecule has 5 aliphatic rings. The number of alkyl halides is 1. The van der Waals surface area contributed by atoms with Gasteiger partial charge in [0.15, 0.2) is 0 Å². The Balaban J connectivity index is 1.22. The summed E-state index contributed by atoms with van der Waals surface area (Å²) in [5.74, 6) is 0.806. The van der Waals surface area contributed by atoms with Gasteiger partial charge in [-0.25, -0.2) is 9.18 Å². The largest absolute Gasteiger partial charge is 0.461 e. The van der Waals surface area contributed by atoms with Crippen molar-refractivity contribution in [1.29, 1.82) is 5.26 Å². The fourth-order valence-corrected chi connectivity index (χ4v) is 8.37. The smallest absolute Gasteiger partial charge is 0.412 e. The van der Waals surface area contributed by atoms with E-state index >= 15 is 0 Å². The van der Waals surface area contributed by atoms with Gasteiger partial charge in [0, 0.05) is 56.1 Å². The van der Waals surface area contributed by atoms with Crippen molar-refractivity contribution in [1.82, 2.24) is 14.9 Å². The first-order valence-corrected chi connectivity index (χ1v) is 17.4. The number of amides is 1. The summed E-state index contributed by atoms with van der Waals surface area (Å²) in [5, 5.41) is 12.4. The molecular formula is C36H47FN6O5. The number of carbonyl (C=O) groups excluding carboxylic acids is 1. The average molecular weight is 663 g/mol. The van der Waals surface area contributed by atoms with Crippen molar-refractivity contribution in [3.63, 3.8) is 0 Å². The van der Waals surface area contributed by atoms with E-state index in [1.54, 1.807) is 0 Å². The number of anilines is 2. The molecule has 5 heterocycles. The number of benzene rings is 1. The lowest BCUT2D eigenvalue weighted by Gasteiger charge is -2.43. The Morgan fingerprint density at radius 2 is 2.08 bits per heavy atom. The molecule has 1 N–H and O–H groups in total. The molecule has 1 aromatic heterocycles. The van der Waals surface area contributed by atoms with Crippen molar-refractivity contribution >= 4 is 17.6 Å². The maximum atomic E-state index is 14.6. The number of carbonyl (C=O) groups is 1. The van der Waals surface area contributed by atoms with Gasteiger partial charge in [0.2, 0.25) is 0 Å². The van der Waals surface area contributed by atoms with E-state index in [9.17, 15) is 14.4 Å². The van der Waals surface area contributed by atoms with Crippen LogP contribution in [0.4, 0.5) is 20.7 Å². The van der Waals surface area contributed by atoms with E-state index in [1.807, 2.05) is 32.9 Å². The second-order valence-electron chi connectivity index (χ2n) is 15.2. The zero-order valence-electron chi connectivity index (χ0n) is 28.4. The van der Waals surface area contributed by atoms with Crippen LogP contribution in [-0.2, 0) is 39.3 Å². The molecule has 258 valence electrons. The monoisotopic (exact) mass is 662 g/mol. The van der Waals surface area contributed by atoms with E-state index in [0.717, 1.165) is 61.3 Å². The standard InChI is InChI=1S/C36H47FN6O5/c1-34(2,3)48-33(44)39-27-8-7-25-6-4-11-36(29(25)16-27)18-30-28(22-47-36)31(42-14-15-45-21-24(19-42)9-12-38)41-32(40-30)46-23-35-10-5-13-43(35)20-26(37)17-35/h7-8,16,24,26H,4-6,9-11,13-15,17-23H2,1-3H3,(H,39,44)/t24?,26-,35+,36+/m1/s1. The van der Waals surface area contributed by atoms with Crippen LogP contribution in [0.2, 0.25) is 0 Å². The molecule has 0 bridgehead atoms. The summed E-state index contributed by atoms with van der Waals surface area (Å²) < 4.78 is 39.3. The summed E-state index contributed by atoms with van der Waals surface area (Å²) in [6.45, 7) is 9.83. The number of nitriles is 1. The highest BCUT2D eigenvalue weighted by Crippen LogP contribution is 2.47. The second kappa shape index (κ2) is 13.1. The minimum Gasteiger partial charge on any atom is -0.461 e. The zero-order valence-corrected chi connectivity index (χ0v) is 28.4. The Bertz CT molecular complexity index is 1580. The molecule has 1 amide bonds. The quantitative estimate of drug-likeness (QED) is 0.427. The van der Waals surface area contributed by atoms with Gasteiger partial charge in [0.1, 0.15) is 24.2 Å². The number of aromatic nitrogens is 2. The number of nitrogens with one attached hydrogen (secondary N) is 1. The molecule has 2 aromatic rings. The van der Waals surface area contributed by atoms with E-state index in [2.05, 4.69) is 27.3 Å². The molecule has 3 fully saturated rings. The SMILES string of the molecule is CC(C)(C)OC(=O)Nc1ccc2c(c1)[C@]1(CCC2)Cc2nc(OC[C@@]34CCCN3C[C@H](F)C4)nc(N3CCOCC(CC#N)C3)c2CO1. The first-order valence-electron chi connectivity index (χ1n) is 17.4. The number of fused-ring (bicyclic) bond motifs is 4. The minimum absolute atomic E-state index is 0.0513. The Kier molecular flexibility index (Phi) is 8.98. The average Bonchev–Trinajstić information content (AvgIpc) is 3.45. The Labute approximate surface area is 282 Å². The molecule has 1 spiro atoms. The fourth-order valence-electron chi connectivity index (χ4n) is 8.37. The highest BCUT2D eigenvalue weighted by atomic mass is 19.1. The summed E-state index contributed by atoms with van der Waals surface area (Å²) in [7, 11) is 0. The van der Waals surface area contributed by atoms with Crippen molar-refractivity contribution in [2.75, 3.05) is 56.2 Å². The number of hydrogen-bond acceptors (Lipinski definition) is 10. The lowest BCUT2D eigenvalue weighted by atomic mass is 9.74. The lowest BCUT2D eigenvalue weighted by molar-refractivity contribution is -0.0855. The van der Waals surface area contributed by atoms with Gasteiger partial charge in [-0.2, -0.15) is 15.2 Å². The third-order valence-corrected chi connectivity index (χ3v) is 10.5. The highest BCUT2D eigenvalue weighted by molar-refractivity contribution is 5.85. The van der Waals surface area contributed by atoms with Crippen LogP contribution in [0.3, 0.4) is 0 Å². The molecule has 7 rings (SSSR count). The highest BCUT2D eigenvalue weighted by Gasteiger charge is 2.50. The second-order valence-corrected chi connectivity index (χ2v) is 15.2. The molecular weight excluding hydrogens is 615 g/mol. The molecule has 1 aromatic carbocycles. The van der Waals surface area contributed by atoms with Gasteiger partial charge in [0.05, 0.1) is 42.7 Å². The van der Waals surface area contributed by atoms with Crippen LogP contribution in [0.25, 0.3) is 0 Å². The fraction of sp³-hybridized carbons (Fsp3) is 0.667. The van der Waals surface area contributed by atoms with E-state index < -0.39 is 23.5 Å². The Morgan fingerprint density at radius 3 is 2.92 bits per heavy atom. The van der Waals surface area contributed by atoms with Gasteiger partial charge in [-0.1, -0.05) is 6.07 Å². The number of hydrogen-bond donors (Lipinski definition) is 1. The van der Waals surface area contributed by atoms with Crippen molar-refractivity contribution in [2.45, 2.75) is 102 Å². The maximum Gasteiger partial charge on any atom is 0.412 e. The van der Waals surface area contributed by atoms with Crippen LogP contribution in [-0.4, -0.2) is 84.3 Å². The molecule has 0 radical (unpaired) electrons. The summed E-state index contributed by atoms with van der Waals surface area (Å²) >= 11 is 0. The number of aryl methyl sites for hydroxylation is 1. The molecule has 48 heavy (non-hydrogen) atoms. The summed E-state index contributed by atoms with van der Waals surface area (Å²) in [5.41, 5.74) is 3.13. The molecule has 1 unspecified atom stereocenters. The van der Waals surface area contributed by atoms with E-state index in [-0.39, 0.29) is 11.5 Å². The number of halogens is 1. The molecule has 11 nitrogen and oxygen atoms in total. The van der Waals surface area contributed by atoms with Crippen LogP contribution in [0, 0.1) is 17.2 Å². The van der Waals surface area contributed by atoms with Gasteiger partial charge < -0.3 is 23.8 Å². The molecule has 4 atom stereocenters. The summed E-state index contributed by atoms with van der Waals surface area (Å²) in [4.78, 5) is 27.1. The van der Waals surface area contributed by atoms with Crippen molar-refractivity contribution in [3.05, 3.63) is 40.6 Å². The topological polar surface area (TPSA) is 122 Å². The zero-order chi connectivity index (χ0) is 33.5. The number of rotatable bonds is 6. The summed E-state index contributed by atoms with van der Waals surface area (Å²) in [6.07, 6.45) is 4.66. The maximum absolute atomic E-state index is 14.6. The Hall–Kier alpha value is -3.53. The third-order valence-electron chi connectivity index (χ3n) is 10.5. The summed E-state index contributed by atoms with van der Waals surface area (Å²) in [6, 6.07) is 8.60. The van der Waals surface area contributed by atoms with Crippen LogP contribution in [0.5, 0.6) is 6.01 Å². The van der Waals surface area contributed by atoms with Gasteiger partial charge in [-0.3, -0.25) is 10.2 Å². The van der Waals surface area contributed by atoms with Gasteiger partial charge in [0.25, 0.3) is 0 Å². The first kappa shape index (κ1) is 33.0. The van der Waals surface area contributed by atoms with Crippen molar-refractivity contribution in [2.24, 2.45) is 5.92 Å². The normalized spacial score (nSPS) is 28.6. The van der Waals surface area contributed by atoms with Crippen LogP contribution >= 0.6 is 0 Å². The third kappa shape index (κ3) is 6.69. The van der Waals surface area contributed by atoms with E-state index in [1.165, 1.54) is 5.56 Å². The number of ether oxygens (including phenoxy) is 4. The van der Waals surface area contributed by atoms with Gasteiger partial charge in [-0.05, 0) is 82.7 Å². The van der Waals surface area contributed by atoms with Gasteiger partial charge in [-0.15, -0.1) is 0 Å². The minimum atomic E-state index is -0.846. The van der Waals surface area contributed by atoms with Crippen molar-refractivity contribution in [3.8, 4) is 12.1 Å². The molecule has 1 aliphatic carbocycles. The molecule has 12 heteroatoms. The first-order chi connectivity index (χ1) is 23.0. The van der Waals surface area contributed by atoms with Crippen LogP contribution in [0.15, 0.2) is 18.2 Å². The predicted molar refractivity (Wildman–Crippen MR) is 177 cm³/mol. The van der Waals surface area contributed by atoms with Crippen LogP contribution < -0.4 is 15.0 Å².